The number of ether oxygens (including phenoxy) is 1. The van der Waals surface area contributed by atoms with Crippen molar-refractivity contribution in [3.05, 3.63) is 66.2 Å². The molecule has 2 N–H and O–H groups in total. The van der Waals surface area contributed by atoms with E-state index in [1.165, 1.54) is 23.1 Å². The zero-order valence-electron chi connectivity index (χ0n) is 20.8. The van der Waals surface area contributed by atoms with E-state index in [0.717, 1.165) is 36.0 Å². The number of carboxylic acids is 2. The molecule has 0 amide bonds. The van der Waals surface area contributed by atoms with Crippen molar-refractivity contribution >= 4 is 38.6 Å². The number of hydrogen-bond donors (Lipinski definition) is 2. The maximum atomic E-state index is 9.55. The van der Waals surface area contributed by atoms with Crippen LogP contribution in [0.2, 0.25) is 0 Å². The van der Waals surface area contributed by atoms with Gasteiger partial charge in [0.05, 0.1) is 10.2 Å². The second-order valence-corrected chi connectivity index (χ2v) is 9.87. The first kappa shape index (κ1) is 27.2. The van der Waals surface area contributed by atoms with Crippen LogP contribution in [0.3, 0.4) is 0 Å². The van der Waals surface area contributed by atoms with Crippen LogP contribution in [0.25, 0.3) is 10.2 Å². The van der Waals surface area contributed by atoms with Crippen molar-refractivity contribution in [1.29, 1.82) is 0 Å². The van der Waals surface area contributed by atoms with Gasteiger partial charge in [-0.05, 0) is 56.5 Å². The summed E-state index contributed by atoms with van der Waals surface area (Å²) >= 11 is 1.79. The van der Waals surface area contributed by atoms with E-state index in [0.29, 0.717) is 18.2 Å². The second-order valence-electron chi connectivity index (χ2n) is 8.86. The summed E-state index contributed by atoms with van der Waals surface area (Å²) in [5.74, 6) is -1.54. The molecule has 4 rings (SSSR count). The Kier molecular flexibility index (Phi) is 9.84. The minimum atomic E-state index is -1.26. The van der Waals surface area contributed by atoms with Crippen molar-refractivity contribution in [2.45, 2.75) is 38.8 Å². The zero-order valence-corrected chi connectivity index (χ0v) is 21.6. The molecule has 1 aromatic heterocycles. The number of carboxylic acid groups (broad SMARTS) is 2. The quantitative estimate of drug-likeness (QED) is 0.420. The van der Waals surface area contributed by atoms with E-state index >= 15 is 0 Å². The number of benzene rings is 2. The van der Waals surface area contributed by atoms with E-state index in [4.69, 9.17) is 19.9 Å². The maximum Gasteiger partial charge on any atom is 0.328 e. The number of aromatic nitrogens is 1. The van der Waals surface area contributed by atoms with Gasteiger partial charge in [-0.15, -0.1) is 0 Å². The summed E-state index contributed by atoms with van der Waals surface area (Å²) in [6, 6.07) is 17.3. The molecule has 1 aliphatic rings. The number of anilines is 1. The van der Waals surface area contributed by atoms with Gasteiger partial charge in [0, 0.05) is 44.9 Å². The molecule has 192 valence electrons. The van der Waals surface area contributed by atoms with Gasteiger partial charge in [-0.25, -0.2) is 14.6 Å². The van der Waals surface area contributed by atoms with Crippen LogP contribution in [0.5, 0.6) is 5.75 Å². The van der Waals surface area contributed by atoms with Gasteiger partial charge in [-0.2, -0.15) is 0 Å². The number of aryl methyl sites for hydroxylation is 1. The molecule has 9 heteroatoms. The van der Waals surface area contributed by atoms with E-state index in [2.05, 4.69) is 73.2 Å². The summed E-state index contributed by atoms with van der Waals surface area (Å²) in [6.07, 6.45) is 3.65. The van der Waals surface area contributed by atoms with Crippen LogP contribution in [0.4, 0.5) is 5.13 Å². The molecule has 0 radical (unpaired) electrons. The average molecular weight is 512 g/mol. The van der Waals surface area contributed by atoms with Crippen LogP contribution < -0.4 is 9.64 Å². The Hall–Kier alpha value is -3.43. The monoisotopic (exact) mass is 511 g/mol. The van der Waals surface area contributed by atoms with Crippen molar-refractivity contribution in [3.63, 3.8) is 0 Å². The lowest BCUT2D eigenvalue weighted by atomic mass is 10.0. The molecule has 2 aromatic carbocycles. The normalized spacial score (nSPS) is 15.3. The Labute approximate surface area is 215 Å². The summed E-state index contributed by atoms with van der Waals surface area (Å²) in [5, 5.41) is 16.8. The number of thiazole rings is 1. The Balaban J connectivity index is 0.000000392. The molecule has 1 atom stereocenters. The van der Waals surface area contributed by atoms with Crippen LogP contribution in [-0.2, 0) is 9.59 Å². The Morgan fingerprint density at radius 3 is 2.42 bits per heavy atom. The van der Waals surface area contributed by atoms with E-state index in [-0.39, 0.29) is 6.10 Å². The smallest absolute Gasteiger partial charge is 0.328 e. The van der Waals surface area contributed by atoms with Gasteiger partial charge in [-0.3, -0.25) is 4.90 Å². The predicted molar refractivity (Wildman–Crippen MR) is 143 cm³/mol. The first-order valence-electron chi connectivity index (χ1n) is 11.9. The van der Waals surface area contributed by atoms with Crippen LogP contribution >= 0.6 is 11.3 Å². The summed E-state index contributed by atoms with van der Waals surface area (Å²) in [6.45, 7) is 7.47. The minimum Gasteiger partial charge on any atom is -0.489 e. The average Bonchev–Trinajstić information content (AvgIpc) is 3.27. The lowest BCUT2D eigenvalue weighted by Gasteiger charge is -2.37. The molecule has 0 bridgehead atoms. The summed E-state index contributed by atoms with van der Waals surface area (Å²) in [4.78, 5) is 28.8. The van der Waals surface area contributed by atoms with Crippen LogP contribution in [-0.4, -0.2) is 70.9 Å². The number of likely N-dealkylation sites (tertiary alicyclic amines) is 1. The topological polar surface area (TPSA) is 103 Å². The molecular formula is C27H33N3O5S. The number of aliphatic carboxylic acids is 2. The number of piperidine rings is 1. The van der Waals surface area contributed by atoms with Crippen molar-refractivity contribution in [3.8, 4) is 5.75 Å². The molecule has 0 spiro atoms. The van der Waals surface area contributed by atoms with Gasteiger partial charge in [0.15, 0.2) is 5.13 Å². The second kappa shape index (κ2) is 13.0. The lowest BCUT2D eigenvalue weighted by molar-refractivity contribution is -0.134. The Morgan fingerprint density at radius 1 is 1.14 bits per heavy atom. The number of nitrogens with zero attached hydrogens (tertiary/aromatic N) is 3. The zero-order chi connectivity index (χ0) is 26.1. The van der Waals surface area contributed by atoms with Crippen molar-refractivity contribution in [1.82, 2.24) is 9.88 Å². The number of hydrogen-bond acceptors (Lipinski definition) is 7. The molecule has 8 nitrogen and oxygen atoms in total. The molecule has 1 fully saturated rings. The fourth-order valence-electron chi connectivity index (χ4n) is 4.12. The Bertz CT molecular complexity index is 1140. The molecule has 36 heavy (non-hydrogen) atoms. The molecule has 0 aliphatic carbocycles. The van der Waals surface area contributed by atoms with Gasteiger partial charge >= 0.3 is 11.9 Å². The predicted octanol–water partition coefficient (Wildman–Crippen LogP) is 4.68. The van der Waals surface area contributed by atoms with Crippen LogP contribution in [0.1, 0.15) is 25.3 Å². The molecule has 1 aliphatic heterocycles. The summed E-state index contributed by atoms with van der Waals surface area (Å²) < 4.78 is 7.38. The highest BCUT2D eigenvalue weighted by Crippen LogP contribution is 2.31. The highest BCUT2D eigenvalue weighted by atomic mass is 32.1. The number of carbonyl (C=O) groups is 2. The molecule has 1 unspecified atom stereocenters. The SMILES string of the molecule is Cc1cccc(OC(C)CN2CCC(N(C)c3nc4ccccc4s3)CC2)c1.O=C(O)C=CC(=O)O. The van der Waals surface area contributed by atoms with Gasteiger partial charge in [0.25, 0.3) is 0 Å². The molecule has 0 saturated carbocycles. The molecule has 1 saturated heterocycles. The number of rotatable bonds is 8. The van der Waals surface area contributed by atoms with Crippen molar-refractivity contribution in [2.24, 2.45) is 0 Å². The summed E-state index contributed by atoms with van der Waals surface area (Å²) in [5.41, 5.74) is 2.34. The third-order valence-electron chi connectivity index (χ3n) is 5.90. The van der Waals surface area contributed by atoms with Gasteiger partial charge in [0.1, 0.15) is 11.9 Å². The molecule has 2 heterocycles. The first-order valence-corrected chi connectivity index (χ1v) is 12.7. The third kappa shape index (κ3) is 8.35. The third-order valence-corrected chi connectivity index (χ3v) is 7.03. The van der Waals surface area contributed by atoms with Crippen molar-refractivity contribution in [2.75, 3.05) is 31.6 Å². The number of fused-ring (bicyclic) bond motifs is 1. The molecular weight excluding hydrogens is 478 g/mol. The van der Waals surface area contributed by atoms with Gasteiger partial charge in [-0.1, -0.05) is 35.6 Å². The minimum absolute atomic E-state index is 0.195. The largest absolute Gasteiger partial charge is 0.489 e. The van der Waals surface area contributed by atoms with E-state index in [1.54, 1.807) is 11.3 Å². The maximum absolute atomic E-state index is 9.55. The van der Waals surface area contributed by atoms with Gasteiger partial charge in [0.2, 0.25) is 0 Å². The number of para-hydroxylation sites is 1. The van der Waals surface area contributed by atoms with E-state index in [9.17, 15) is 9.59 Å². The highest BCUT2D eigenvalue weighted by molar-refractivity contribution is 7.22. The van der Waals surface area contributed by atoms with E-state index in [1.807, 2.05) is 6.07 Å². The lowest BCUT2D eigenvalue weighted by Crippen LogP contribution is -2.46. The fraction of sp³-hybridized carbons (Fsp3) is 0.370. The van der Waals surface area contributed by atoms with Crippen LogP contribution in [0.15, 0.2) is 60.7 Å². The standard InChI is InChI=1S/C23H29N3OS.C4H4O4/c1-17-7-6-8-20(15-17)27-18(2)16-26-13-11-19(12-14-26)25(3)23-24-21-9-4-5-10-22(21)28-23;5-3(6)1-2-4(7)8/h4-10,15,18-19H,11-14,16H2,1-3H3;1-2H,(H,5,6)(H,7,8). The Morgan fingerprint density at radius 2 is 1.81 bits per heavy atom. The van der Waals surface area contributed by atoms with E-state index < -0.39 is 11.9 Å². The van der Waals surface area contributed by atoms with Crippen molar-refractivity contribution < 1.29 is 24.5 Å². The molecule has 3 aromatic rings. The summed E-state index contributed by atoms with van der Waals surface area (Å²) in [7, 11) is 2.20. The fourth-order valence-corrected chi connectivity index (χ4v) is 5.12. The first-order chi connectivity index (χ1) is 17.2. The van der Waals surface area contributed by atoms with Crippen LogP contribution in [0, 0.1) is 6.92 Å². The van der Waals surface area contributed by atoms with Gasteiger partial charge < -0.3 is 19.8 Å². The highest BCUT2D eigenvalue weighted by Gasteiger charge is 2.25.